The maximum absolute atomic E-state index is 10.3. The molecule has 0 atom stereocenters. The monoisotopic (exact) mass is 356 g/mol. The van der Waals surface area contributed by atoms with Crippen LogP contribution in [0.15, 0.2) is 0 Å². The second-order valence-electron chi connectivity index (χ2n) is 7.45. The van der Waals surface area contributed by atoms with E-state index >= 15 is 0 Å². The zero-order chi connectivity index (χ0) is 19.0. The van der Waals surface area contributed by atoms with E-state index in [4.69, 9.17) is 5.11 Å². The summed E-state index contributed by atoms with van der Waals surface area (Å²) < 4.78 is 0. The molecule has 2 nitrogen and oxygen atoms in total. The van der Waals surface area contributed by atoms with Crippen molar-refractivity contribution >= 4 is 5.97 Å². The van der Waals surface area contributed by atoms with Gasteiger partial charge in [0.25, 0.3) is 0 Å². The minimum atomic E-state index is -0.653. The number of unbranched alkanes of at least 4 members (excludes halogenated alkanes) is 16. The minimum Gasteiger partial charge on any atom is -0.481 e. The predicted molar refractivity (Wildman–Crippen MR) is 112 cm³/mol. The molecule has 0 saturated heterocycles. The molecular weight excluding hydrogens is 308 g/mol. The highest BCUT2D eigenvalue weighted by molar-refractivity contribution is 5.66. The van der Waals surface area contributed by atoms with Gasteiger partial charge in [-0.25, -0.2) is 0 Å². The molecule has 0 unspecified atom stereocenters. The molecule has 0 heterocycles. The van der Waals surface area contributed by atoms with Crippen LogP contribution in [-0.4, -0.2) is 11.1 Å². The third-order valence-electron chi connectivity index (χ3n) is 4.70. The number of rotatable bonds is 18. The van der Waals surface area contributed by atoms with Gasteiger partial charge >= 0.3 is 5.97 Å². The van der Waals surface area contributed by atoms with Crippen molar-refractivity contribution in [3.05, 3.63) is 0 Å². The molecule has 0 radical (unpaired) electrons. The SMILES string of the molecule is CCCCC.CCCCCCCCCCCCCCCCCC(=O)O. The summed E-state index contributed by atoms with van der Waals surface area (Å²) >= 11 is 0. The van der Waals surface area contributed by atoms with Crippen molar-refractivity contribution in [3.63, 3.8) is 0 Å². The normalized spacial score (nSPS) is 10.4. The lowest BCUT2D eigenvalue weighted by atomic mass is 10.0. The Labute approximate surface area is 159 Å². The Hall–Kier alpha value is -0.530. The topological polar surface area (TPSA) is 37.3 Å². The molecule has 0 bridgehead atoms. The molecule has 25 heavy (non-hydrogen) atoms. The quantitative estimate of drug-likeness (QED) is 0.250. The molecule has 0 spiro atoms. The van der Waals surface area contributed by atoms with Crippen molar-refractivity contribution in [2.24, 2.45) is 0 Å². The first-order valence-corrected chi connectivity index (χ1v) is 11.4. The van der Waals surface area contributed by atoms with E-state index in [1.807, 2.05) is 0 Å². The zero-order valence-electron chi connectivity index (χ0n) is 17.8. The van der Waals surface area contributed by atoms with Crippen LogP contribution in [0.4, 0.5) is 0 Å². The number of aliphatic carboxylic acids is 1. The van der Waals surface area contributed by atoms with E-state index in [2.05, 4.69) is 20.8 Å². The van der Waals surface area contributed by atoms with E-state index in [-0.39, 0.29) is 0 Å². The number of hydrogen-bond donors (Lipinski definition) is 1. The van der Waals surface area contributed by atoms with Crippen LogP contribution in [0.2, 0.25) is 0 Å². The molecule has 0 aromatic heterocycles. The van der Waals surface area contributed by atoms with E-state index < -0.39 is 5.97 Å². The lowest BCUT2D eigenvalue weighted by molar-refractivity contribution is -0.137. The van der Waals surface area contributed by atoms with Crippen molar-refractivity contribution in [2.45, 2.75) is 143 Å². The Kier molecular flexibility index (Phi) is 27.5. The fourth-order valence-corrected chi connectivity index (χ4v) is 3.00. The van der Waals surface area contributed by atoms with Gasteiger partial charge in [-0.05, 0) is 6.42 Å². The molecule has 152 valence electrons. The first-order chi connectivity index (χ1) is 12.2. The fourth-order valence-electron chi connectivity index (χ4n) is 3.00. The summed E-state index contributed by atoms with van der Waals surface area (Å²) in [5, 5.41) is 8.52. The van der Waals surface area contributed by atoms with Crippen LogP contribution in [0.25, 0.3) is 0 Å². The number of hydrogen-bond acceptors (Lipinski definition) is 1. The van der Waals surface area contributed by atoms with Crippen LogP contribution >= 0.6 is 0 Å². The zero-order valence-corrected chi connectivity index (χ0v) is 17.8. The van der Waals surface area contributed by atoms with E-state index in [1.165, 1.54) is 103 Å². The molecule has 0 fully saturated rings. The molecule has 1 N–H and O–H groups in total. The summed E-state index contributed by atoms with van der Waals surface area (Å²) in [5.41, 5.74) is 0. The molecule has 2 heteroatoms. The van der Waals surface area contributed by atoms with Gasteiger partial charge in [-0.3, -0.25) is 4.79 Å². The van der Waals surface area contributed by atoms with Crippen LogP contribution in [0, 0.1) is 0 Å². The second-order valence-corrected chi connectivity index (χ2v) is 7.45. The Morgan fingerprint density at radius 2 is 0.760 bits per heavy atom. The van der Waals surface area contributed by atoms with Crippen LogP contribution < -0.4 is 0 Å². The van der Waals surface area contributed by atoms with Gasteiger partial charge in [0, 0.05) is 6.42 Å². The molecule has 0 aliphatic heterocycles. The van der Waals surface area contributed by atoms with E-state index in [1.54, 1.807) is 0 Å². The maximum atomic E-state index is 10.3. The van der Waals surface area contributed by atoms with E-state index in [0.29, 0.717) is 6.42 Å². The Bertz CT molecular complexity index is 236. The van der Waals surface area contributed by atoms with Crippen LogP contribution in [0.5, 0.6) is 0 Å². The Morgan fingerprint density at radius 1 is 0.480 bits per heavy atom. The van der Waals surface area contributed by atoms with Crippen LogP contribution in [0.3, 0.4) is 0 Å². The average molecular weight is 357 g/mol. The van der Waals surface area contributed by atoms with Crippen molar-refractivity contribution < 1.29 is 9.90 Å². The third kappa shape index (κ3) is 31.7. The van der Waals surface area contributed by atoms with Crippen LogP contribution in [0.1, 0.15) is 143 Å². The van der Waals surface area contributed by atoms with Crippen molar-refractivity contribution in [3.8, 4) is 0 Å². The molecule has 0 aromatic carbocycles. The first-order valence-electron chi connectivity index (χ1n) is 11.4. The van der Waals surface area contributed by atoms with Gasteiger partial charge < -0.3 is 5.11 Å². The van der Waals surface area contributed by atoms with Gasteiger partial charge in [-0.1, -0.05) is 130 Å². The van der Waals surface area contributed by atoms with Gasteiger partial charge in [0.1, 0.15) is 0 Å². The molecule has 0 saturated carbocycles. The van der Waals surface area contributed by atoms with E-state index in [9.17, 15) is 4.79 Å². The highest BCUT2D eigenvalue weighted by Gasteiger charge is 1.97. The van der Waals surface area contributed by atoms with Crippen LogP contribution in [-0.2, 0) is 4.79 Å². The highest BCUT2D eigenvalue weighted by Crippen LogP contribution is 2.13. The number of carboxylic acid groups (broad SMARTS) is 1. The van der Waals surface area contributed by atoms with Crippen molar-refractivity contribution in [2.75, 3.05) is 0 Å². The minimum absolute atomic E-state index is 0.345. The number of carboxylic acids is 1. The van der Waals surface area contributed by atoms with E-state index in [0.717, 1.165) is 12.8 Å². The molecule has 0 amide bonds. The standard InChI is InChI=1S/C18H36O2.C5H12/c1-2-3-4-5-6-7-8-9-10-11-12-13-14-15-16-17-18(19)20;1-3-5-4-2/h2-17H2,1H3,(H,19,20);3-5H2,1-2H3. The van der Waals surface area contributed by atoms with Crippen molar-refractivity contribution in [1.29, 1.82) is 0 Å². The molecule has 0 aliphatic rings. The lowest BCUT2D eigenvalue weighted by Crippen LogP contribution is -1.93. The summed E-state index contributed by atoms with van der Waals surface area (Å²) in [6, 6.07) is 0. The molecule has 0 aliphatic carbocycles. The summed E-state index contributed by atoms with van der Waals surface area (Å²) in [7, 11) is 0. The second kappa shape index (κ2) is 25.7. The predicted octanol–water partition coefficient (Wildman–Crippen LogP) is 8.53. The fraction of sp³-hybridized carbons (Fsp3) is 0.957. The van der Waals surface area contributed by atoms with Gasteiger partial charge in [-0.15, -0.1) is 0 Å². The third-order valence-corrected chi connectivity index (χ3v) is 4.70. The first kappa shape index (κ1) is 26.7. The van der Waals surface area contributed by atoms with Crippen molar-refractivity contribution in [1.82, 2.24) is 0 Å². The Morgan fingerprint density at radius 3 is 1.00 bits per heavy atom. The highest BCUT2D eigenvalue weighted by atomic mass is 16.4. The molecule has 0 rings (SSSR count). The summed E-state index contributed by atoms with van der Waals surface area (Å²) in [6.45, 7) is 6.69. The summed E-state index contributed by atoms with van der Waals surface area (Å²) in [4.78, 5) is 10.3. The molecular formula is C23H48O2. The smallest absolute Gasteiger partial charge is 0.303 e. The van der Waals surface area contributed by atoms with Gasteiger partial charge in [0.05, 0.1) is 0 Å². The largest absolute Gasteiger partial charge is 0.481 e. The van der Waals surface area contributed by atoms with Gasteiger partial charge in [0.15, 0.2) is 0 Å². The average Bonchev–Trinajstić information content (AvgIpc) is 2.59. The summed E-state index contributed by atoms with van der Waals surface area (Å²) in [6.07, 6.45) is 24.3. The van der Waals surface area contributed by atoms with Gasteiger partial charge in [0.2, 0.25) is 0 Å². The maximum Gasteiger partial charge on any atom is 0.303 e. The summed E-state index contributed by atoms with van der Waals surface area (Å²) in [5.74, 6) is -0.653. The van der Waals surface area contributed by atoms with Gasteiger partial charge in [-0.2, -0.15) is 0 Å². The number of carbonyl (C=O) groups is 1. The Balaban J connectivity index is 0. The lowest BCUT2D eigenvalue weighted by Gasteiger charge is -2.03. The molecule has 0 aromatic rings.